The molecule has 0 saturated heterocycles. The van der Waals surface area contributed by atoms with Crippen molar-refractivity contribution >= 4 is 28.3 Å². The van der Waals surface area contributed by atoms with Crippen molar-refractivity contribution in [2.45, 2.75) is 18.9 Å². The number of hydrogen-bond donors (Lipinski definition) is 0. The Morgan fingerprint density at radius 2 is 2.00 bits per heavy atom. The van der Waals surface area contributed by atoms with Crippen molar-refractivity contribution in [3.8, 4) is 0 Å². The van der Waals surface area contributed by atoms with Crippen molar-refractivity contribution in [3.63, 3.8) is 0 Å². The van der Waals surface area contributed by atoms with E-state index in [2.05, 4.69) is 38.3 Å². The van der Waals surface area contributed by atoms with E-state index in [0.717, 1.165) is 11.4 Å². The fourth-order valence-electron chi connectivity index (χ4n) is 4.48. The monoisotopic (exact) mass is 420 g/mol. The van der Waals surface area contributed by atoms with Crippen molar-refractivity contribution in [2.75, 3.05) is 0 Å². The lowest BCUT2D eigenvalue weighted by Crippen LogP contribution is -2.22. The van der Waals surface area contributed by atoms with Gasteiger partial charge in [0.1, 0.15) is 12.9 Å². The van der Waals surface area contributed by atoms with Gasteiger partial charge in [-0.05, 0) is 41.5 Å². The van der Waals surface area contributed by atoms with Crippen LogP contribution in [0.15, 0.2) is 52.3 Å². The topological polar surface area (TPSA) is 91.6 Å². The largest absolute Gasteiger partial charge is 0.337 e. The number of aryl methyl sites for hydroxylation is 1. The highest BCUT2D eigenvalue weighted by atomic mass is 35.5. The molecule has 0 radical (unpaired) electrons. The summed E-state index contributed by atoms with van der Waals surface area (Å²) in [5.74, 6) is 2.36. The van der Waals surface area contributed by atoms with E-state index in [4.69, 9.17) is 16.1 Å². The highest BCUT2D eigenvalue weighted by Crippen LogP contribution is 2.62. The second kappa shape index (κ2) is 6.37. The van der Waals surface area contributed by atoms with Gasteiger partial charge in [0.15, 0.2) is 17.0 Å². The van der Waals surface area contributed by atoms with Crippen LogP contribution in [0.1, 0.15) is 29.6 Å². The maximum Gasteiger partial charge on any atom is 0.280 e. The van der Waals surface area contributed by atoms with Gasteiger partial charge < -0.3 is 9.09 Å². The van der Waals surface area contributed by atoms with Crippen LogP contribution in [0.2, 0.25) is 5.02 Å². The lowest BCUT2D eigenvalue weighted by atomic mass is 10.0. The fraction of sp³-hybridized carbons (Fsp3) is 0.286. The van der Waals surface area contributed by atoms with Gasteiger partial charge in [-0.3, -0.25) is 9.36 Å². The summed E-state index contributed by atoms with van der Waals surface area (Å²) in [6.07, 6.45) is 6.36. The molecule has 0 spiro atoms. The molecule has 1 saturated carbocycles. The first-order chi connectivity index (χ1) is 14.6. The molecule has 1 fully saturated rings. The second-order valence-electron chi connectivity index (χ2n) is 7.92. The van der Waals surface area contributed by atoms with E-state index >= 15 is 0 Å². The van der Waals surface area contributed by atoms with Crippen LogP contribution in [-0.2, 0) is 13.6 Å². The summed E-state index contributed by atoms with van der Waals surface area (Å²) >= 11 is 5.98. The van der Waals surface area contributed by atoms with E-state index in [1.807, 2.05) is 12.1 Å². The van der Waals surface area contributed by atoms with Crippen LogP contribution in [0.25, 0.3) is 16.7 Å². The number of aromatic nitrogens is 6. The van der Waals surface area contributed by atoms with Gasteiger partial charge in [-0.15, -0.1) is 0 Å². The molecular formula is C21H17ClN6O2. The molecule has 3 atom stereocenters. The van der Waals surface area contributed by atoms with Gasteiger partial charge >= 0.3 is 0 Å². The van der Waals surface area contributed by atoms with Gasteiger partial charge in [-0.25, -0.2) is 9.97 Å². The van der Waals surface area contributed by atoms with Crippen molar-refractivity contribution in [2.24, 2.45) is 18.9 Å². The Bertz CT molecular complexity index is 1370. The van der Waals surface area contributed by atoms with Crippen molar-refractivity contribution in [3.05, 3.63) is 75.7 Å². The first-order valence-electron chi connectivity index (χ1n) is 9.74. The molecule has 0 aliphatic heterocycles. The number of fused-ring (bicyclic) bond motifs is 2. The highest BCUT2D eigenvalue weighted by molar-refractivity contribution is 6.30. The van der Waals surface area contributed by atoms with Gasteiger partial charge in [0, 0.05) is 18.0 Å². The predicted octanol–water partition coefficient (Wildman–Crippen LogP) is 3.03. The lowest BCUT2D eigenvalue weighted by Gasteiger charge is -2.05. The standard InChI is InChI=1S/C21H17ClN6O2/c1-27-9-23-20-18(27)21(29)28(10-24-20)8-16-25-19(26-30-16)17-14-6-12(7-15(14)17)11-2-4-13(22)5-3-11/h2-6,9-10,14-15,17H,7-8H2,1H3/t14-,15+,17+/m0/s1. The summed E-state index contributed by atoms with van der Waals surface area (Å²) in [5, 5.41) is 4.93. The van der Waals surface area contributed by atoms with Crippen LogP contribution < -0.4 is 5.56 Å². The minimum Gasteiger partial charge on any atom is -0.337 e. The molecule has 0 bridgehead atoms. The first-order valence-corrected chi connectivity index (χ1v) is 10.1. The molecule has 0 N–H and O–H groups in total. The Kier molecular flexibility index (Phi) is 3.73. The minimum atomic E-state index is -0.182. The van der Waals surface area contributed by atoms with Crippen LogP contribution >= 0.6 is 11.6 Å². The van der Waals surface area contributed by atoms with Gasteiger partial charge in [-0.2, -0.15) is 4.98 Å². The van der Waals surface area contributed by atoms with Gasteiger partial charge in [0.25, 0.3) is 5.56 Å². The summed E-state index contributed by atoms with van der Waals surface area (Å²) in [4.78, 5) is 25.6. The average molecular weight is 421 g/mol. The molecule has 3 aromatic heterocycles. The fourth-order valence-corrected chi connectivity index (χ4v) is 4.61. The summed E-state index contributed by atoms with van der Waals surface area (Å²) in [7, 11) is 1.77. The van der Waals surface area contributed by atoms with Crippen molar-refractivity contribution in [1.29, 1.82) is 0 Å². The number of benzene rings is 1. The quantitative estimate of drug-likeness (QED) is 0.504. The number of halogens is 1. The zero-order valence-electron chi connectivity index (χ0n) is 16.1. The summed E-state index contributed by atoms with van der Waals surface area (Å²) in [6.45, 7) is 0.188. The second-order valence-corrected chi connectivity index (χ2v) is 8.36. The molecule has 2 aliphatic rings. The molecule has 6 rings (SSSR count). The Hall–Kier alpha value is -3.26. The molecule has 8 nitrogen and oxygen atoms in total. The Labute approximate surface area is 175 Å². The van der Waals surface area contributed by atoms with E-state index in [-0.39, 0.29) is 18.0 Å². The number of rotatable bonds is 4. The van der Waals surface area contributed by atoms with Gasteiger partial charge in [0.2, 0.25) is 5.89 Å². The number of imidazole rings is 1. The predicted molar refractivity (Wildman–Crippen MR) is 110 cm³/mol. The van der Waals surface area contributed by atoms with E-state index in [1.165, 1.54) is 22.0 Å². The summed E-state index contributed by atoms with van der Waals surface area (Å²) in [5.41, 5.74) is 3.27. The Morgan fingerprint density at radius 1 is 1.20 bits per heavy atom. The summed E-state index contributed by atoms with van der Waals surface area (Å²) < 4.78 is 8.56. The van der Waals surface area contributed by atoms with Crippen LogP contribution in [-0.4, -0.2) is 29.2 Å². The van der Waals surface area contributed by atoms with Gasteiger partial charge in [-0.1, -0.05) is 35.0 Å². The SMILES string of the molecule is Cn1cnc2ncn(Cc3nc([C@@H]4[C@H]5C=C(c6ccc(Cl)cc6)C[C@H]54)no3)c(=O)c21. The van der Waals surface area contributed by atoms with E-state index in [0.29, 0.717) is 34.7 Å². The molecule has 0 unspecified atom stereocenters. The van der Waals surface area contributed by atoms with E-state index in [9.17, 15) is 4.79 Å². The van der Waals surface area contributed by atoms with Crippen molar-refractivity contribution in [1.82, 2.24) is 29.2 Å². The first kappa shape index (κ1) is 17.6. The highest BCUT2D eigenvalue weighted by Gasteiger charge is 2.55. The molecule has 150 valence electrons. The summed E-state index contributed by atoms with van der Waals surface area (Å²) in [6, 6.07) is 7.96. The normalized spacial score (nSPS) is 22.3. The number of hydrogen-bond acceptors (Lipinski definition) is 6. The lowest BCUT2D eigenvalue weighted by molar-refractivity contribution is 0.364. The molecule has 3 heterocycles. The molecule has 1 aromatic carbocycles. The molecule has 30 heavy (non-hydrogen) atoms. The smallest absolute Gasteiger partial charge is 0.280 e. The zero-order valence-corrected chi connectivity index (χ0v) is 16.8. The van der Waals surface area contributed by atoms with E-state index < -0.39 is 0 Å². The maximum absolute atomic E-state index is 12.7. The molecule has 9 heteroatoms. The van der Waals surface area contributed by atoms with Crippen molar-refractivity contribution < 1.29 is 4.52 Å². The van der Waals surface area contributed by atoms with Crippen LogP contribution in [0.5, 0.6) is 0 Å². The number of nitrogens with zero attached hydrogens (tertiary/aromatic N) is 6. The zero-order chi connectivity index (χ0) is 20.4. The van der Waals surface area contributed by atoms with E-state index in [1.54, 1.807) is 17.9 Å². The molecule has 4 aromatic rings. The van der Waals surface area contributed by atoms with Gasteiger partial charge in [0.05, 0.1) is 6.33 Å². The molecule has 0 amide bonds. The Balaban J connectivity index is 1.20. The third-order valence-electron chi connectivity index (χ3n) is 6.08. The third kappa shape index (κ3) is 2.71. The molecule has 2 aliphatic carbocycles. The van der Waals surface area contributed by atoms with Crippen LogP contribution in [0, 0.1) is 11.8 Å². The average Bonchev–Trinajstić information content (AvgIpc) is 3.16. The number of allylic oxidation sites excluding steroid dienone is 2. The maximum atomic E-state index is 12.7. The van der Waals surface area contributed by atoms with Crippen LogP contribution in [0.4, 0.5) is 0 Å². The third-order valence-corrected chi connectivity index (χ3v) is 6.33. The molecular weight excluding hydrogens is 404 g/mol. The minimum absolute atomic E-state index is 0.182. The van der Waals surface area contributed by atoms with Crippen LogP contribution in [0.3, 0.4) is 0 Å². The Morgan fingerprint density at radius 3 is 2.77 bits per heavy atom.